The number of hydrogen-bond acceptors (Lipinski definition) is 4. The molecule has 4 heteroatoms. The minimum Gasteiger partial charge on any atom is -0.356 e. The zero-order valence-electron chi connectivity index (χ0n) is 9.47. The van der Waals surface area contributed by atoms with Gasteiger partial charge in [0.1, 0.15) is 5.51 Å². The van der Waals surface area contributed by atoms with Crippen molar-refractivity contribution in [3.8, 4) is 0 Å². The Morgan fingerprint density at radius 1 is 1.25 bits per heavy atom. The monoisotopic (exact) mass is 233 g/mol. The first-order chi connectivity index (χ1) is 7.75. The molecular weight excluding hydrogens is 218 g/mol. The van der Waals surface area contributed by atoms with Gasteiger partial charge in [-0.1, -0.05) is 49.4 Å². The van der Waals surface area contributed by atoms with Crippen molar-refractivity contribution < 1.29 is 0 Å². The van der Waals surface area contributed by atoms with Gasteiger partial charge in [0.25, 0.3) is 0 Å². The number of anilines is 1. The zero-order chi connectivity index (χ0) is 11.4. The normalized spacial score (nSPS) is 10.7. The number of benzene rings is 1. The molecule has 1 aromatic heterocycles. The highest BCUT2D eigenvalue weighted by molar-refractivity contribution is 7.13. The lowest BCUT2D eigenvalue weighted by atomic mass is 10.0. The molecule has 0 aliphatic carbocycles. The van der Waals surface area contributed by atoms with Crippen molar-refractivity contribution in [2.75, 3.05) is 5.32 Å². The Labute approximate surface area is 99.5 Å². The van der Waals surface area contributed by atoms with Gasteiger partial charge in [0.05, 0.1) is 0 Å². The Bertz CT molecular complexity index is 420. The van der Waals surface area contributed by atoms with E-state index in [0.717, 1.165) is 11.7 Å². The van der Waals surface area contributed by atoms with Gasteiger partial charge in [0.15, 0.2) is 0 Å². The van der Waals surface area contributed by atoms with Crippen molar-refractivity contribution in [3.05, 3.63) is 40.9 Å². The molecule has 16 heavy (non-hydrogen) atoms. The molecule has 0 amide bonds. The van der Waals surface area contributed by atoms with Crippen LogP contribution in [0.25, 0.3) is 0 Å². The van der Waals surface area contributed by atoms with Crippen LogP contribution in [-0.4, -0.2) is 10.2 Å². The molecular formula is C12H15N3S. The highest BCUT2D eigenvalue weighted by Crippen LogP contribution is 2.16. The molecule has 0 aliphatic heterocycles. The van der Waals surface area contributed by atoms with Crippen LogP contribution in [-0.2, 0) is 6.54 Å². The van der Waals surface area contributed by atoms with Crippen molar-refractivity contribution >= 4 is 16.5 Å². The summed E-state index contributed by atoms with van der Waals surface area (Å²) in [7, 11) is 0. The quantitative estimate of drug-likeness (QED) is 0.880. The third kappa shape index (κ3) is 2.79. The van der Waals surface area contributed by atoms with Crippen molar-refractivity contribution in [1.29, 1.82) is 0 Å². The maximum Gasteiger partial charge on any atom is 0.205 e. The Morgan fingerprint density at radius 3 is 2.56 bits per heavy atom. The van der Waals surface area contributed by atoms with Crippen LogP contribution in [0.15, 0.2) is 29.8 Å². The van der Waals surface area contributed by atoms with Crippen LogP contribution in [0.4, 0.5) is 5.13 Å². The summed E-state index contributed by atoms with van der Waals surface area (Å²) in [6, 6.07) is 8.68. The molecule has 0 fully saturated rings. The summed E-state index contributed by atoms with van der Waals surface area (Å²) in [5, 5.41) is 11.8. The van der Waals surface area contributed by atoms with Gasteiger partial charge in [-0.3, -0.25) is 0 Å². The van der Waals surface area contributed by atoms with Crippen molar-refractivity contribution in [2.45, 2.75) is 26.3 Å². The maximum absolute atomic E-state index is 3.93. The highest BCUT2D eigenvalue weighted by atomic mass is 32.1. The fraction of sp³-hybridized carbons (Fsp3) is 0.333. The van der Waals surface area contributed by atoms with Gasteiger partial charge in [0.2, 0.25) is 5.13 Å². The molecule has 0 aliphatic rings. The second-order valence-electron chi connectivity index (χ2n) is 3.99. The Morgan fingerprint density at radius 2 is 2.00 bits per heavy atom. The minimum absolute atomic E-state index is 0.588. The first-order valence-electron chi connectivity index (χ1n) is 5.34. The summed E-state index contributed by atoms with van der Waals surface area (Å²) >= 11 is 1.52. The summed E-state index contributed by atoms with van der Waals surface area (Å²) in [4.78, 5) is 0. The lowest BCUT2D eigenvalue weighted by Crippen LogP contribution is -1.99. The largest absolute Gasteiger partial charge is 0.356 e. The fourth-order valence-electron chi connectivity index (χ4n) is 1.45. The Hall–Kier alpha value is -1.42. The summed E-state index contributed by atoms with van der Waals surface area (Å²) in [5.74, 6) is 0.588. The molecule has 0 spiro atoms. The van der Waals surface area contributed by atoms with Crippen molar-refractivity contribution in [2.24, 2.45) is 0 Å². The van der Waals surface area contributed by atoms with E-state index in [2.05, 4.69) is 53.6 Å². The van der Waals surface area contributed by atoms with E-state index >= 15 is 0 Å². The number of aromatic nitrogens is 2. The van der Waals surface area contributed by atoms with E-state index in [-0.39, 0.29) is 0 Å². The van der Waals surface area contributed by atoms with Gasteiger partial charge >= 0.3 is 0 Å². The van der Waals surface area contributed by atoms with Crippen LogP contribution in [0, 0.1) is 0 Å². The van der Waals surface area contributed by atoms with Gasteiger partial charge in [-0.15, -0.1) is 10.2 Å². The second kappa shape index (κ2) is 5.07. The molecule has 0 saturated heterocycles. The van der Waals surface area contributed by atoms with E-state index in [1.807, 2.05) is 0 Å². The summed E-state index contributed by atoms with van der Waals surface area (Å²) in [6.45, 7) is 5.20. The summed E-state index contributed by atoms with van der Waals surface area (Å²) in [6.07, 6.45) is 0. The van der Waals surface area contributed by atoms with Gasteiger partial charge in [-0.2, -0.15) is 0 Å². The topological polar surface area (TPSA) is 37.8 Å². The maximum atomic E-state index is 3.93. The summed E-state index contributed by atoms with van der Waals surface area (Å²) < 4.78 is 0. The Kier molecular flexibility index (Phi) is 3.51. The van der Waals surface area contributed by atoms with Crippen LogP contribution in [0.5, 0.6) is 0 Å². The lowest BCUT2D eigenvalue weighted by molar-refractivity contribution is 0.865. The molecule has 0 atom stereocenters. The molecule has 2 rings (SSSR count). The van der Waals surface area contributed by atoms with Crippen LogP contribution in [0.2, 0.25) is 0 Å². The first kappa shape index (κ1) is 11.1. The Balaban J connectivity index is 1.95. The van der Waals surface area contributed by atoms with E-state index in [9.17, 15) is 0 Å². The van der Waals surface area contributed by atoms with Crippen LogP contribution in [0.1, 0.15) is 30.9 Å². The fourth-order valence-corrected chi connectivity index (χ4v) is 1.89. The van der Waals surface area contributed by atoms with Crippen molar-refractivity contribution in [3.63, 3.8) is 0 Å². The number of nitrogens with zero attached hydrogens (tertiary/aromatic N) is 2. The van der Waals surface area contributed by atoms with Gasteiger partial charge in [-0.25, -0.2) is 0 Å². The molecule has 84 valence electrons. The molecule has 0 radical (unpaired) electrons. The third-order valence-corrected chi connectivity index (χ3v) is 3.10. The van der Waals surface area contributed by atoms with Crippen LogP contribution in [0.3, 0.4) is 0 Å². The average molecular weight is 233 g/mol. The predicted octanol–water partition coefficient (Wildman–Crippen LogP) is 3.27. The first-order valence-corrected chi connectivity index (χ1v) is 6.22. The zero-order valence-corrected chi connectivity index (χ0v) is 10.3. The summed E-state index contributed by atoms with van der Waals surface area (Å²) in [5.41, 5.74) is 4.36. The number of rotatable bonds is 4. The van der Waals surface area contributed by atoms with Gasteiger partial charge in [-0.05, 0) is 17.0 Å². The van der Waals surface area contributed by atoms with Crippen LogP contribution < -0.4 is 5.32 Å². The molecule has 1 N–H and O–H groups in total. The number of nitrogens with one attached hydrogen (secondary N) is 1. The average Bonchev–Trinajstić information content (AvgIpc) is 2.80. The molecule has 3 nitrogen and oxygen atoms in total. The molecule has 0 bridgehead atoms. The predicted molar refractivity (Wildman–Crippen MR) is 67.8 cm³/mol. The van der Waals surface area contributed by atoms with E-state index < -0.39 is 0 Å². The third-order valence-electron chi connectivity index (χ3n) is 2.45. The van der Waals surface area contributed by atoms with E-state index in [1.165, 1.54) is 22.5 Å². The van der Waals surface area contributed by atoms with Crippen LogP contribution >= 0.6 is 11.3 Å². The molecule has 1 aromatic carbocycles. The van der Waals surface area contributed by atoms with E-state index in [1.54, 1.807) is 5.51 Å². The molecule has 1 heterocycles. The van der Waals surface area contributed by atoms with Gasteiger partial charge < -0.3 is 5.32 Å². The lowest BCUT2D eigenvalue weighted by Gasteiger charge is -2.07. The van der Waals surface area contributed by atoms with E-state index in [0.29, 0.717) is 5.92 Å². The van der Waals surface area contributed by atoms with Gasteiger partial charge in [0, 0.05) is 6.54 Å². The standard InChI is InChI=1S/C12H15N3S/c1-9(2)11-5-3-10(4-6-11)7-13-12-15-14-8-16-12/h3-6,8-9H,7H2,1-2H3,(H,13,15). The minimum atomic E-state index is 0.588. The van der Waals surface area contributed by atoms with Crippen molar-refractivity contribution in [1.82, 2.24) is 10.2 Å². The molecule has 0 unspecified atom stereocenters. The van der Waals surface area contributed by atoms with E-state index in [4.69, 9.17) is 0 Å². The smallest absolute Gasteiger partial charge is 0.205 e. The second-order valence-corrected chi connectivity index (χ2v) is 4.83. The SMILES string of the molecule is CC(C)c1ccc(CNc2nncs2)cc1. The highest BCUT2D eigenvalue weighted by Gasteiger charge is 1.99. The molecule has 2 aromatic rings. The molecule has 0 saturated carbocycles. The number of hydrogen-bond donors (Lipinski definition) is 1.